The molecule has 3 aromatic heterocycles. The summed E-state index contributed by atoms with van der Waals surface area (Å²) in [6, 6.07) is 13.8. The lowest BCUT2D eigenvalue weighted by atomic mass is 10.2. The molecule has 7 nitrogen and oxygen atoms in total. The minimum absolute atomic E-state index is 0.0913. The topological polar surface area (TPSA) is 85.8 Å². The van der Waals surface area contributed by atoms with Crippen molar-refractivity contribution >= 4 is 23.4 Å². The summed E-state index contributed by atoms with van der Waals surface area (Å²) in [7, 11) is 0. The molecule has 0 fully saturated rings. The number of benzene rings is 1. The van der Waals surface area contributed by atoms with E-state index in [1.165, 1.54) is 17.8 Å². The number of amides is 1. The number of thioether (sulfide) groups is 1. The quantitative estimate of drug-likeness (QED) is 0.449. The van der Waals surface area contributed by atoms with Crippen molar-refractivity contribution in [2.75, 3.05) is 11.1 Å². The van der Waals surface area contributed by atoms with Crippen molar-refractivity contribution < 1.29 is 13.6 Å². The first-order valence-corrected chi connectivity index (χ1v) is 10.1. The maximum Gasteiger partial charge on any atom is 0.234 e. The number of rotatable bonds is 7. The summed E-state index contributed by atoms with van der Waals surface area (Å²) >= 11 is 1.23. The Morgan fingerprint density at radius 1 is 1.20 bits per heavy atom. The van der Waals surface area contributed by atoms with Gasteiger partial charge in [-0.3, -0.25) is 14.3 Å². The number of aromatic nitrogens is 4. The molecule has 3 heterocycles. The van der Waals surface area contributed by atoms with E-state index in [-0.39, 0.29) is 17.5 Å². The van der Waals surface area contributed by atoms with Crippen LogP contribution in [0.5, 0.6) is 0 Å². The number of nitrogens with zero attached hydrogens (tertiary/aromatic N) is 4. The van der Waals surface area contributed by atoms with Crippen molar-refractivity contribution in [3.8, 4) is 11.5 Å². The van der Waals surface area contributed by atoms with Gasteiger partial charge in [-0.15, -0.1) is 10.2 Å². The molecular formula is C21H18FN5O2S. The fraction of sp³-hybridized carbons (Fsp3) is 0.143. The standard InChI is InChI=1S/C21H18FN5O2S/c1-14-7-8-15(11-17(14)22)24-19(28)13-30-21-26-25-20(18-6-2-3-9-23-18)27(21)12-16-5-4-10-29-16/h2-11H,12-13H2,1H3,(H,24,28). The molecule has 152 valence electrons. The largest absolute Gasteiger partial charge is 0.467 e. The van der Waals surface area contributed by atoms with Gasteiger partial charge in [0.2, 0.25) is 5.91 Å². The molecule has 1 N–H and O–H groups in total. The van der Waals surface area contributed by atoms with Gasteiger partial charge in [-0.05, 0) is 48.9 Å². The zero-order chi connectivity index (χ0) is 20.9. The molecule has 1 aromatic carbocycles. The average Bonchev–Trinajstić information content (AvgIpc) is 3.40. The van der Waals surface area contributed by atoms with Crippen molar-refractivity contribution in [2.24, 2.45) is 0 Å². The predicted octanol–water partition coefficient (Wildman–Crippen LogP) is 4.16. The minimum atomic E-state index is -0.362. The van der Waals surface area contributed by atoms with Gasteiger partial charge >= 0.3 is 0 Å². The predicted molar refractivity (Wildman–Crippen MR) is 112 cm³/mol. The zero-order valence-electron chi connectivity index (χ0n) is 16.1. The van der Waals surface area contributed by atoms with E-state index in [1.807, 2.05) is 28.8 Å². The second-order valence-corrected chi connectivity index (χ2v) is 7.43. The van der Waals surface area contributed by atoms with Crippen LogP contribution in [-0.2, 0) is 11.3 Å². The number of carbonyl (C=O) groups is 1. The maximum absolute atomic E-state index is 13.7. The third kappa shape index (κ3) is 4.57. The van der Waals surface area contributed by atoms with Gasteiger partial charge in [-0.2, -0.15) is 0 Å². The van der Waals surface area contributed by atoms with Gasteiger partial charge in [-0.25, -0.2) is 4.39 Å². The Morgan fingerprint density at radius 3 is 2.83 bits per heavy atom. The van der Waals surface area contributed by atoms with Gasteiger partial charge < -0.3 is 9.73 Å². The molecule has 4 rings (SSSR count). The summed E-state index contributed by atoms with van der Waals surface area (Å²) < 4.78 is 21.0. The van der Waals surface area contributed by atoms with Crippen molar-refractivity contribution in [1.82, 2.24) is 19.7 Å². The van der Waals surface area contributed by atoms with Crippen LogP contribution in [0, 0.1) is 12.7 Å². The van der Waals surface area contributed by atoms with Gasteiger partial charge in [-0.1, -0.05) is 23.9 Å². The van der Waals surface area contributed by atoms with Crippen LogP contribution < -0.4 is 5.32 Å². The summed E-state index contributed by atoms with van der Waals surface area (Å²) in [5.41, 5.74) is 1.60. The molecule has 0 saturated carbocycles. The Labute approximate surface area is 176 Å². The fourth-order valence-electron chi connectivity index (χ4n) is 2.78. The Bertz CT molecular complexity index is 1150. The maximum atomic E-state index is 13.7. The van der Waals surface area contributed by atoms with Crippen LogP contribution >= 0.6 is 11.8 Å². The Kier molecular flexibility index (Phi) is 5.89. The highest BCUT2D eigenvalue weighted by molar-refractivity contribution is 7.99. The van der Waals surface area contributed by atoms with Crippen molar-refractivity contribution in [2.45, 2.75) is 18.6 Å². The van der Waals surface area contributed by atoms with Gasteiger partial charge in [0, 0.05) is 11.9 Å². The summed E-state index contributed by atoms with van der Waals surface area (Å²) in [6.45, 7) is 2.07. The molecule has 1 amide bonds. The van der Waals surface area contributed by atoms with Crippen LogP contribution in [0.3, 0.4) is 0 Å². The number of hydrogen-bond donors (Lipinski definition) is 1. The van der Waals surface area contributed by atoms with Crippen molar-refractivity contribution in [3.63, 3.8) is 0 Å². The van der Waals surface area contributed by atoms with E-state index in [9.17, 15) is 9.18 Å². The lowest BCUT2D eigenvalue weighted by Crippen LogP contribution is -2.15. The average molecular weight is 423 g/mol. The summed E-state index contributed by atoms with van der Waals surface area (Å²) in [5, 5.41) is 11.7. The molecule has 0 aliphatic rings. The molecule has 0 aliphatic heterocycles. The van der Waals surface area contributed by atoms with E-state index >= 15 is 0 Å². The first-order valence-electron chi connectivity index (χ1n) is 9.16. The number of furan rings is 1. The number of pyridine rings is 1. The van der Waals surface area contributed by atoms with E-state index < -0.39 is 0 Å². The van der Waals surface area contributed by atoms with Gasteiger partial charge in [0.05, 0.1) is 18.6 Å². The molecule has 9 heteroatoms. The molecule has 0 unspecified atom stereocenters. The number of aryl methyl sites for hydroxylation is 1. The molecular weight excluding hydrogens is 405 g/mol. The van der Waals surface area contributed by atoms with E-state index in [4.69, 9.17) is 4.42 Å². The first kappa shape index (κ1) is 19.8. The Balaban J connectivity index is 1.51. The van der Waals surface area contributed by atoms with Crippen molar-refractivity contribution in [1.29, 1.82) is 0 Å². The molecule has 0 aliphatic carbocycles. The SMILES string of the molecule is Cc1ccc(NC(=O)CSc2nnc(-c3ccccn3)n2Cc2ccco2)cc1F. The van der Waals surface area contributed by atoms with Crippen LogP contribution in [0.25, 0.3) is 11.5 Å². The third-order valence-corrected chi connectivity index (χ3v) is 5.26. The van der Waals surface area contributed by atoms with E-state index in [0.717, 1.165) is 5.76 Å². The first-order chi connectivity index (χ1) is 14.6. The number of carbonyl (C=O) groups excluding carboxylic acids is 1. The van der Waals surface area contributed by atoms with E-state index in [0.29, 0.717) is 34.5 Å². The summed E-state index contributed by atoms with van der Waals surface area (Å²) in [5.74, 6) is 0.770. The zero-order valence-corrected chi connectivity index (χ0v) is 16.9. The molecule has 30 heavy (non-hydrogen) atoms. The Morgan fingerprint density at radius 2 is 2.10 bits per heavy atom. The van der Waals surface area contributed by atoms with Gasteiger partial charge in [0.25, 0.3) is 0 Å². The number of anilines is 1. The smallest absolute Gasteiger partial charge is 0.234 e. The second-order valence-electron chi connectivity index (χ2n) is 6.49. The monoisotopic (exact) mass is 423 g/mol. The van der Waals surface area contributed by atoms with Gasteiger partial charge in [0.1, 0.15) is 17.3 Å². The highest BCUT2D eigenvalue weighted by Gasteiger charge is 2.18. The lowest BCUT2D eigenvalue weighted by Gasteiger charge is -2.09. The lowest BCUT2D eigenvalue weighted by molar-refractivity contribution is -0.113. The van der Waals surface area contributed by atoms with Crippen LogP contribution in [0.4, 0.5) is 10.1 Å². The Hall–Kier alpha value is -3.46. The van der Waals surface area contributed by atoms with Gasteiger partial charge in [0.15, 0.2) is 11.0 Å². The van der Waals surface area contributed by atoms with Crippen LogP contribution in [0.2, 0.25) is 0 Å². The fourth-order valence-corrected chi connectivity index (χ4v) is 3.52. The molecule has 0 saturated heterocycles. The molecule has 0 radical (unpaired) electrons. The molecule has 0 bridgehead atoms. The van der Waals surface area contributed by atoms with E-state index in [1.54, 1.807) is 37.6 Å². The highest BCUT2D eigenvalue weighted by atomic mass is 32.2. The van der Waals surface area contributed by atoms with Crippen LogP contribution in [0.1, 0.15) is 11.3 Å². The van der Waals surface area contributed by atoms with Crippen molar-refractivity contribution in [3.05, 3.63) is 78.1 Å². The summed E-state index contributed by atoms with van der Waals surface area (Å²) in [6.07, 6.45) is 3.28. The highest BCUT2D eigenvalue weighted by Crippen LogP contribution is 2.24. The number of nitrogens with one attached hydrogen (secondary N) is 1. The van der Waals surface area contributed by atoms with Crippen LogP contribution in [0.15, 0.2) is 70.6 Å². The molecule has 0 atom stereocenters. The van der Waals surface area contributed by atoms with Crippen LogP contribution in [-0.4, -0.2) is 31.4 Å². The number of halogens is 1. The normalized spacial score (nSPS) is 10.9. The third-order valence-electron chi connectivity index (χ3n) is 4.29. The van der Waals surface area contributed by atoms with E-state index in [2.05, 4.69) is 20.5 Å². The number of hydrogen-bond acceptors (Lipinski definition) is 6. The molecule has 4 aromatic rings. The second kappa shape index (κ2) is 8.91. The minimum Gasteiger partial charge on any atom is -0.467 e. The summed E-state index contributed by atoms with van der Waals surface area (Å²) in [4.78, 5) is 16.7. The molecule has 0 spiro atoms.